The van der Waals surface area contributed by atoms with Crippen molar-refractivity contribution in [1.29, 1.82) is 0 Å². The molecule has 5 nitrogen and oxygen atoms in total. The van der Waals surface area contributed by atoms with Crippen molar-refractivity contribution in [2.45, 2.75) is 13.0 Å². The Hall–Kier alpha value is -2.30. The van der Waals surface area contributed by atoms with E-state index in [9.17, 15) is 9.59 Å². The first kappa shape index (κ1) is 12.2. The second kappa shape index (κ2) is 5.35. The Kier molecular flexibility index (Phi) is 3.62. The van der Waals surface area contributed by atoms with Gasteiger partial charge in [0.1, 0.15) is 24.0 Å². The predicted molar refractivity (Wildman–Crippen MR) is 64.2 cm³/mol. The van der Waals surface area contributed by atoms with Crippen LogP contribution in [0.25, 0.3) is 11.0 Å². The smallest absolute Gasteiger partial charge is 0.417 e. The minimum absolute atomic E-state index is 0.206. The van der Waals surface area contributed by atoms with Gasteiger partial charge in [0.05, 0.1) is 0 Å². The van der Waals surface area contributed by atoms with Crippen LogP contribution in [0.2, 0.25) is 0 Å². The molecule has 1 atom stereocenters. The minimum Gasteiger partial charge on any atom is -0.490 e. The van der Waals surface area contributed by atoms with Gasteiger partial charge in [-0.05, 0) is 25.1 Å². The van der Waals surface area contributed by atoms with E-state index in [2.05, 4.69) is 4.74 Å². The number of fused-ring (bicyclic) bond motifs is 1. The fourth-order valence-corrected chi connectivity index (χ4v) is 1.46. The summed E-state index contributed by atoms with van der Waals surface area (Å²) in [5.41, 5.74) is 0.0439. The van der Waals surface area contributed by atoms with Gasteiger partial charge in [0.15, 0.2) is 0 Å². The lowest BCUT2D eigenvalue weighted by atomic mass is 10.2. The SMILES string of the molecule is CC(COc1ccc2ccc(=O)oc2c1)O[C]=O. The number of hydrogen-bond acceptors (Lipinski definition) is 5. The van der Waals surface area contributed by atoms with Crippen molar-refractivity contribution in [3.63, 3.8) is 0 Å². The first-order valence-electron chi connectivity index (χ1n) is 5.38. The molecule has 0 saturated carbocycles. The number of rotatable bonds is 5. The Morgan fingerprint density at radius 3 is 2.89 bits per heavy atom. The maximum atomic E-state index is 11.1. The molecule has 0 aliphatic rings. The summed E-state index contributed by atoms with van der Waals surface area (Å²) in [5.74, 6) is 0.540. The zero-order valence-electron chi connectivity index (χ0n) is 9.71. The van der Waals surface area contributed by atoms with E-state index in [1.54, 1.807) is 31.2 Å². The zero-order valence-corrected chi connectivity index (χ0v) is 9.71. The van der Waals surface area contributed by atoms with Crippen molar-refractivity contribution < 1.29 is 18.7 Å². The molecule has 1 unspecified atom stereocenters. The number of ether oxygens (including phenoxy) is 2. The summed E-state index contributed by atoms with van der Waals surface area (Å²) in [6, 6.07) is 8.19. The molecule has 1 aromatic carbocycles. The molecule has 1 heterocycles. The van der Waals surface area contributed by atoms with Gasteiger partial charge in [0.25, 0.3) is 0 Å². The van der Waals surface area contributed by atoms with E-state index in [0.29, 0.717) is 11.3 Å². The van der Waals surface area contributed by atoms with Crippen molar-refractivity contribution >= 4 is 17.4 Å². The van der Waals surface area contributed by atoms with Crippen molar-refractivity contribution in [3.8, 4) is 5.75 Å². The van der Waals surface area contributed by atoms with Crippen LogP contribution in [0.3, 0.4) is 0 Å². The molecule has 0 aliphatic carbocycles. The van der Waals surface area contributed by atoms with Crippen LogP contribution in [-0.4, -0.2) is 19.2 Å². The summed E-state index contributed by atoms with van der Waals surface area (Å²) in [7, 11) is 0. The molecule has 2 rings (SSSR count). The molecule has 0 fully saturated rings. The van der Waals surface area contributed by atoms with Crippen LogP contribution in [0.5, 0.6) is 5.75 Å². The van der Waals surface area contributed by atoms with Crippen molar-refractivity contribution in [3.05, 3.63) is 40.8 Å². The molecule has 0 spiro atoms. The normalized spacial score (nSPS) is 12.1. The van der Waals surface area contributed by atoms with Gasteiger partial charge in [0.2, 0.25) is 0 Å². The highest BCUT2D eigenvalue weighted by molar-refractivity contribution is 5.77. The summed E-state index contributed by atoms with van der Waals surface area (Å²) in [6.45, 7) is 3.24. The lowest BCUT2D eigenvalue weighted by Gasteiger charge is -2.10. The summed E-state index contributed by atoms with van der Waals surface area (Å²) < 4.78 is 15.0. The first-order chi connectivity index (χ1) is 8.69. The fourth-order valence-electron chi connectivity index (χ4n) is 1.46. The molecule has 0 N–H and O–H groups in total. The van der Waals surface area contributed by atoms with Crippen LogP contribution in [0.15, 0.2) is 39.5 Å². The first-order valence-corrected chi connectivity index (χ1v) is 5.38. The molecule has 1 aromatic heterocycles. The molecule has 2 aromatic rings. The maximum absolute atomic E-state index is 11.1. The Morgan fingerprint density at radius 1 is 1.33 bits per heavy atom. The van der Waals surface area contributed by atoms with Gasteiger partial charge in [-0.2, -0.15) is 0 Å². The molecule has 93 valence electrons. The van der Waals surface area contributed by atoms with Gasteiger partial charge in [-0.15, -0.1) is 0 Å². The van der Waals surface area contributed by atoms with E-state index in [0.717, 1.165) is 5.39 Å². The second-order valence-electron chi connectivity index (χ2n) is 3.78. The second-order valence-corrected chi connectivity index (χ2v) is 3.78. The van der Waals surface area contributed by atoms with Gasteiger partial charge in [-0.25, -0.2) is 9.59 Å². The molecule has 0 saturated heterocycles. The Labute approximate surface area is 103 Å². The summed E-state index contributed by atoms with van der Waals surface area (Å²) in [4.78, 5) is 21.1. The van der Waals surface area contributed by atoms with Crippen LogP contribution in [0, 0.1) is 0 Å². The minimum atomic E-state index is -0.410. The van der Waals surface area contributed by atoms with Gasteiger partial charge < -0.3 is 13.9 Å². The maximum Gasteiger partial charge on any atom is 0.417 e. The van der Waals surface area contributed by atoms with Gasteiger partial charge in [-0.3, -0.25) is 0 Å². The molecule has 1 radical (unpaired) electrons. The molecule has 5 heteroatoms. The third-order valence-corrected chi connectivity index (χ3v) is 2.33. The monoisotopic (exact) mass is 247 g/mol. The largest absolute Gasteiger partial charge is 0.490 e. The Morgan fingerprint density at radius 2 is 2.11 bits per heavy atom. The highest BCUT2D eigenvalue weighted by Gasteiger charge is 2.05. The molecule has 18 heavy (non-hydrogen) atoms. The van der Waals surface area contributed by atoms with E-state index in [1.807, 2.05) is 0 Å². The van der Waals surface area contributed by atoms with Gasteiger partial charge >= 0.3 is 12.1 Å². The fraction of sp³-hybridized carbons (Fsp3) is 0.231. The third kappa shape index (κ3) is 2.88. The number of benzene rings is 1. The molecular weight excluding hydrogens is 236 g/mol. The van der Waals surface area contributed by atoms with Crippen LogP contribution in [0.1, 0.15) is 6.92 Å². The van der Waals surface area contributed by atoms with Crippen molar-refractivity contribution in [2.24, 2.45) is 0 Å². The highest BCUT2D eigenvalue weighted by atomic mass is 16.6. The van der Waals surface area contributed by atoms with Gasteiger partial charge in [-0.1, -0.05) is 0 Å². The zero-order chi connectivity index (χ0) is 13.0. The predicted octanol–water partition coefficient (Wildman–Crippen LogP) is 1.64. The van der Waals surface area contributed by atoms with Gasteiger partial charge in [0, 0.05) is 17.5 Å². The van der Waals surface area contributed by atoms with Crippen LogP contribution in [-0.2, 0) is 9.53 Å². The van der Waals surface area contributed by atoms with E-state index < -0.39 is 5.63 Å². The summed E-state index contributed by atoms with van der Waals surface area (Å²) >= 11 is 0. The highest BCUT2D eigenvalue weighted by Crippen LogP contribution is 2.19. The lowest BCUT2D eigenvalue weighted by Crippen LogP contribution is -2.17. The number of hydrogen-bond donors (Lipinski definition) is 0. The standard InChI is InChI=1S/C13H11O5/c1-9(17-8-14)7-16-11-4-2-10-3-5-13(15)18-12(10)6-11/h2-6,9H,7H2,1H3. The molecule has 0 amide bonds. The van der Waals surface area contributed by atoms with E-state index >= 15 is 0 Å². The van der Waals surface area contributed by atoms with Crippen LogP contribution in [0.4, 0.5) is 0 Å². The third-order valence-electron chi connectivity index (χ3n) is 2.33. The molecule has 0 aliphatic heterocycles. The average Bonchev–Trinajstić information content (AvgIpc) is 2.36. The molecular formula is C13H11O5. The van der Waals surface area contributed by atoms with E-state index in [-0.39, 0.29) is 12.7 Å². The topological polar surface area (TPSA) is 65.7 Å². The van der Waals surface area contributed by atoms with Crippen molar-refractivity contribution in [2.75, 3.05) is 6.61 Å². The quantitative estimate of drug-likeness (QED) is 0.751. The summed E-state index contributed by atoms with van der Waals surface area (Å²) in [6.07, 6.45) is -0.388. The lowest BCUT2D eigenvalue weighted by molar-refractivity contribution is 0.127. The Balaban J connectivity index is 2.14. The number of carbonyl (C=O) groups excluding carboxylic acids is 1. The molecule has 0 bridgehead atoms. The summed E-state index contributed by atoms with van der Waals surface area (Å²) in [5, 5.41) is 0.812. The Bertz CT molecular complexity index is 602. The van der Waals surface area contributed by atoms with E-state index in [4.69, 9.17) is 9.15 Å². The van der Waals surface area contributed by atoms with Crippen molar-refractivity contribution in [1.82, 2.24) is 0 Å². The van der Waals surface area contributed by atoms with Crippen LogP contribution < -0.4 is 10.4 Å². The average molecular weight is 247 g/mol. The van der Waals surface area contributed by atoms with Crippen LogP contribution >= 0.6 is 0 Å². The van der Waals surface area contributed by atoms with E-state index in [1.165, 1.54) is 12.5 Å².